The monoisotopic (exact) mass is 279 g/mol. The molecule has 1 heterocycles. The van der Waals surface area contributed by atoms with Crippen molar-refractivity contribution >= 4 is 16.8 Å². The van der Waals surface area contributed by atoms with E-state index >= 15 is 0 Å². The van der Waals surface area contributed by atoms with Crippen LogP contribution in [0, 0.1) is 0 Å². The Morgan fingerprint density at radius 1 is 1.14 bits per heavy atom. The smallest absolute Gasteiger partial charge is 0.251 e. The number of aromatic hydroxyl groups is 1. The molecular formula is C16H13N3O2. The Hall–Kier alpha value is -2.95. The van der Waals surface area contributed by atoms with Crippen LogP contribution in [-0.2, 0) is 6.54 Å². The van der Waals surface area contributed by atoms with Crippen molar-refractivity contribution in [3.8, 4) is 5.75 Å². The lowest BCUT2D eigenvalue weighted by molar-refractivity contribution is 0.0951. The molecule has 3 rings (SSSR count). The quantitative estimate of drug-likeness (QED) is 0.771. The predicted octanol–water partition coefficient (Wildman–Crippen LogP) is 2.27. The summed E-state index contributed by atoms with van der Waals surface area (Å²) in [5.41, 5.74) is 2.29. The van der Waals surface area contributed by atoms with Gasteiger partial charge in [-0.3, -0.25) is 4.79 Å². The first-order chi connectivity index (χ1) is 10.2. The molecule has 5 nitrogen and oxygen atoms in total. The van der Waals surface area contributed by atoms with E-state index in [1.807, 2.05) is 0 Å². The number of rotatable bonds is 3. The van der Waals surface area contributed by atoms with Gasteiger partial charge in [-0.25, -0.2) is 9.97 Å². The highest BCUT2D eigenvalue weighted by atomic mass is 16.3. The molecule has 0 bridgehead atoms. The van der Waals surface area contributed by atoms with E-state index in [4.69, 9.17) is 0 Å². The summed E-state index contributed by atoms with van der Waals surface area (Å²) in [5.74, 6) is 0.0495. The van der Waals surface area contributed by atoms with Crippen LogP contribution in [-0.4, -0.2) is 21.0 Å². The lowest BCUT2D eigenvalue weighted by Gasteiger charge is -2.06. The topological polar surface area (TPSA) is 75.1 Å². The van der Waals surface area contributed by atoms with Gasteiger partial charge in [0.05, 0.1) is 5.52 Å². The molecule has 3 aromatic rings. The van der Waals surface area contributed by atoms with E-state index in [-0.39, 0.29) is 11.7 Å². The Kier molecular flexibility index (Phi) is 3.47. The van der Waals surface area contributed by atoms with Gasteiger partial charge in [0, 0.05) is 23.7 Å². The molecule has 2 N–H and O–H groups in total. The number of aromatic nitrogens is 2. The third-order valence-corrected chi connectivity index (χ3v) is 3.16. The van der Waals surface area contributed by atoms with Crippen LogP contribution in [0.2, 0.25) is 0 Å². The largest absolute Gasteiger partial charge is 0.508 e. The maximum atomic E-state index is 12.1. The molecule has 21 heavy (non-hydrogen) atoms. The molecule has 5 heteroatoms. The van der Waals surface area contributed by atoms with Gasteiger partial charge in [0.1, 0.15) is 12.1 Å². The van der Waals surface area contributed by atoms with Crippen molar-refractivity contribution < 1.29 is 9.90 Å². The van der Waals surface area contributed by atoms with E-state index in [1.54, 1.807) is 48.7 Å². The number of fused-ring (bicyclic) bond motifs is 1. The molecular weight excluding hydrogens is 266 g/mol. The van der Waals surface area contributed by atoms with Crippen LogP contribution in [0.25, 0.3) is 10.9 Å². The summed E-state index contributed by atoms with van der Waals surface area (Å²) in [7, 11) is 0. The standard InChI is InChI=1S/C16H13N3O2/c20-14-4-1-11(2-5-14)8-18-16(21)12-3-6-15-13(7-12)9-17-10-19-15/h1-7,9-10,20H,8H2,(H,18,21). The fourth-order valence-electron chi connectivity index (χ4n) is 2.02. The van der Waals surface area contributed by atoms with Crippen LogP contribution in [0.4, 0.5) is 0 Å². The molecule has 0 unspecified atom stereocenters. The summed E-state index contributed by atoms with van der Waals surface area (Å²) in [5, 5.41) is 12.9. The normalized spacial score (nSPS) is 10.5. The van der Waals surface area contributed by atoms with Crippen LogP contribution in [0.15, 0.2) is 55.0 Å². The highest BCUT2D eigenvalue weighted by Crippen LogP contribution is 2.13. The lowest BCUT2D eigenvalue weighted by Crippen LogP contribution is -2.22. The fourth-order valence-corrected chi connectivity index (χ4v) is 2.02. The molecule has 0 saturated carbocycles. The van der Waals surface area contributed by atoms with Crippen LogP contribution in [0.5, 0.6) is 5.75 Å². The minimum Gasteiger partial charge on any atom is -0.508 e. The summed E-state index contributed by atoms with van der Waals surface area (Å²) in [4.78, 5) is 20.2. The number of hydrogen-bond donors (Lipinski definition) is 2. The second-order valence-electron chi connectivity index (χ2n) is 4.65. The second kappa shape index (κ2) is 5.58. The highest BCUT2D eigenvalue weighted by Gasteiger charge is 2.06. The molecule has 0 radical (unpaired) electrons. The molecule has 0 spiro atoms. The first-order valence-electron chi connectivity index (χ1n) is 6.48. The number of benzene rings is 2. The van der Waals surface area contributed by atoms with Gasteiger partial charge in [0.2, 0.25) is 0 Å². The van der Waals surface area contributed by atoms with E-state index in [2.05, 4.69) is 15.3 Å². The second-order valence-corrected chi connectivity index (χ2v) is 4.65. The van der Waals surface area contributed by atoms with Crippen molar-refractivity contribution in [1.29, 1.82) is 0 Å². The zero-order valence-electron chi connectivity index (χ0n) is 11.2. The zero-order valence-corrected chi connectivity index (χ0v) is 11.2. The Balaban J connectivity index is 1.73. The van der Waals surface area contributed by atoms with Crippen LogP contribution >= 0.6 is 0 Å². The summed E-state index contributed by atoms with van der Waals surface area (Å²) >= 11 is 0. The Morgan fingerprint density at radius 3 is 2.76 bits per heavy atom. The highest BCUT2D eigenvalue weighted by molar-refractivity contribution is 5.97. The first-order valence-corrected chi connectivity index (χ1v) is 6.48. The van der Waals surface area contributed by atoms with Gasteiger partial charge in [0.15, 0.2) is 0 Å². The van der Waals surface area contributed by atoms with Gasteiger partial charge < -0.3 is 10.4 Å². The van der Waals surface area contributed by atoms with Crippen LogP contribution in [0.1, 0.15) is 15.9 Å². The van der Waals surface area contributed by atoms with E-state index in [0.717, 1.165) is 16.5 Å². The predicted molar refractivity (Wildman–Crippen MR) is 78.8 cm³/mol. The molecule has 0 saturated heterocycles. The fraction of sp³-hybridized carbons (Fsp3) is 0.0625. The molecule has 0 aliphatic rings. The summed E-state index contributed by atoms with van der Waals surface area (Å²) in [6.45, 7) is 0.405. The number of carbonyl (C=O) groups excluding carboxylic acids is 1. The van der Waals surface area contributed by atoms with Crippen LogP contribution in [0.3, 0.4) is 0 Å². The average Bonchev–Trinajstić information content (AvgIpc) is 2.53. The number of phenols is 1. The maximum Gasteiger partial charge on any atom is 0.251 e. The van der Waals surface area contributed by atoms with Crippen molar-refractivity contribution in [2.45, 2.75) is 6.54 Å². The van der Waals surface area contributed by atoms with Crippen molar-refractivity contribution in [3.05, 3.63) is 66.1 Å². The summed E-state index contributed by atoms with van der Waals surface area (Å²) in [6, 6.07) is 12.0. The van der Waals surface area contributed by atoms with E-state index in [0.29, 0.717) is 12.1 Å². The average molecular weight is 279 g/mol. The van der Waals surface area contributed by atoms with E-state index in [1.165, 1.54) is 6.33 Å². The number of carbonyl (C=O) groups is 1. The van der Waals surface area contributed by atoms with Gasteiger partial charge >= 0.3 is 0 Å². The van der Waals surface area contributed by atoms with Gasteiger partial charge in [-0.2, -0.15) is 0 Å². The number of amides is 1. The molecule has 0 aliphatic heterocycles. The third-order valence-electron chi connectivity index (χ3n) is 3.16. The third kappa shape index (κ3) is 2.97. The lowest BCUT2D eigenvalue weighted by atomic mass is 10.1. The molecule has 1 amide bonds. The number of nitrogens with one attached hydrogen (secondary N) is 1. The number of nitrogens with zero attached hydrogens (tertiary/aromatic N) is 2. The van der Waals surface area contributed by atoms with Gasteiger partial charge in [-0.05, 0) is 35.9 Å². The molecule has 2 aromatic carbocycles. The van der Waals surface area contributed by atoms with Crippen molar-refractivity contribution in [3.63, 3.8) is 0 Å². The minimum atomic E-state index is -0.158. The number of hydrogen-bond acceptors (Lipinski definition) is 4. The first kappa shape index (κ1) is 13.1. The molecule has 0 atom stereocenters. The zero-order chi connectivity index (χ0) is 14.7. The van der Waals surface area contributed by atoms with Crippen LogP contribution < -0.4 is 5.32 Å². The van der Waals surface area contributed by atoms with Gasteiger partial charge in [0.25, 0.3) is 5.91 Å². The SMILES string of the molecule is O=C(NCc1ccc(O)cc1)c1ccc2ncncc2c1. The van der Waals surface area contributed by atoms with E-state index < -0.39 is 0 Å². The molecule has 0 aliphatic carbocycles. The number of phenolic OH excluding ortho intramolecular Hbond substituents is 1. The van der Waals surface area contributed by atoms with Crippen molar-refractivity contribution in [2.24, 2.45) is 0 Å². The molecule has 104 valence electrons. The van der Waals surface area contributed by atoms with E-state index in [9.17, 15) is 9.90 Å². The van der Waals surface area contributed by atoms with Crippen molar-refractivity contribution in [1.82, 2.24) is 15.3 Å². The van der Waals surface area contributed by atoms with Gasteiger partial charge in [-0.15, -0.1) is 0 Å². The molecule has 0 fully saturated rings. The minimum absolute atomic E-state index is 0.158. The Labute approximate surface area is 121 Å². The van der Waals surface area contributed by atoms with Gasteiger partial charge in [-0.1, -0.05) is 12.1 Å². The Morgan fingerprint density at radius 2 is 1.95 bits per heavy atom. The molecule has 1 aromatic heterocycles. The van der Waals surface area contributed by atoms with Crippen molar-refractivity contribution in [2.75, 3.05) is 0 Å². The maximum absolute atomic E-state index is 12.1. The summed E-state index contributed by atoms with van der Waals surface area (Å²) < 4.78 is 0. The summed E-state index contributed by atoms with van der Waals surface area (Å²) in [6.07, 6.45) is 3.16. The Bertz CT molecular complexity index is 785.